The highest BCUT2D eigenvalue weighted by Crippen LogP contribution is 2.26. The fourth-order valence-electron chi connectivity index (χ4n) is 7.84. The van der Waals surface area contributed by atoms with Gasteiger partial charge in [-0.05, 0) is 84.3 Å². The largest absolute Gasteiger partial charge is 0.390 e. The van der Waals surface area contributed by atoms with Gasteiger partial charge < -0.3 is 15.7 Å². The molecule has 0 aliphatic carbocycles. The highest BCUT2D eigenvalue weighted by molar-refractivity contribution is 5.83. The minimum atomic E-state index is -0.649. The number of pyridine rings is 4. The Balaban J connectivity index is 0.000000166. The van der Waals surface area contributed by atoms with E-state index >= 15 is 0 Å². The molecular weight excluding hydrogens is 836 g/mol. The number of alkyl halides is 1. The van der Waals surface area contributed by atoms with Crippen LogP contribution in [0.4, 0.5) is 27.7 Å². The summed E-state index contributed by atoms with van der Waals surface area (Å²) in [6.07, 6.45) is 16.2. The molecule has 0 spiro atoms. The van der Waals surface area contributed by atoms with E-state index in [0.717, 1.165) is 108 Å². The molecule has 0 amide bonds. The van der Waals surface area contributed by atoms with Crippen molar-refractivity contribution in [1.82, 2.24) is 69.7 Å². The summed E-state index contributed by atoms with van der Waals surface area (Å²) in [5.41, 5.74) is 9.42. The number of rotatable bonds is 16. The van der Waals surface area contributed by atoms with Crippen LogP contribution in [0.5, 0.6) is 0 Å². The van der Waals surface area contributed by atoms with Crippen molar-refractivity contribution in [1.29, 1.82) is 0 Å². The standard InChI is InChI=1S/C24H27FN8.C24H28N8O/c1-16(2)17-9-24(31-27-11-17)30-23-5-4-21-22(29-23)8-18(10-26-21)19-12-28-33(13-19)7-3-6-32-14-20(25)15-32;1-16(2)17-9-24(30-26-11-17)29-23-5-4-21-22(28-23)8-18(10-25-21)19-12-27-32(13-19)7-3-6-31-14-20(33)15-31/h4-5,8-13,16,20H,3,6-7,14-15H2,1-2H3,(H,29,30,31);4-5,8-13,16,20,33H,3,6-7,14-15H2,1-2H3,(H,28,29,30). The summed E-state index contributed by atoms with van der Waals surface area (Å²) in [5.74, 6) is 3.47. The number of fused-ring (bicyclic) bond motifs is 2. The van der Waals surface area contributed by atoms with Crippen molar-refractivity contribution in [2.24, 2.45) is 0 Å². The number of β-amino-alcohol motifs (C(OH)–C–C–N with tert-alkyl or cyclic N) is 1. The van der Waals surface area contributed by atoms with Gasteiger partial charge in [-0.2, -0.15) is 20.4 Å². The Morgan fingerprint density at radius 2 is 1.03 bits per heavy atom. The summed E-state index contributed by atoms with van der Waals surface area (Å²) in [4.78, 5) is 23.0. The van der Waals surface area contributed by atoms with Gasteiger partial charge in [0.05, 0.1) is 53.0 Å². The third-order valence-electron chi connectivity index (χ3n) is 11.8. The Morgan fingerprint density at radius 1 is 0.561 bits per heavy atom. The SMILES string of the molecule is CC(C)c1cnnc(Nc2ccc3ncc(-c4cnn(CCCN5CC(F)C5)c4)cc3n2)c1.CC(C)c1cnnc(Nc2ccc3ncc(-c4cnn(CCCN5CC(O)C5)c4)cc3n2)c1. The second-order valence-corrected chi connectivity index (χ2v) is 17.7. The molecule has 0 radical (unpaired) electrons. The molecular formula is C48H55FN16O. The third-order valence-corrected chi connectivity index (χ3v) is 11.8. The van der Waals surface area contributed by atoms with Crippen molar-refractivity contribution in [3.05, 3.63) is 109 Å². The summed E-state index contributed by atoms with van der Waals surface area (Å²) < 4.78 is 16.8. The summed E-state index contributed by atoms with van der Waals surface area (Å²) in [6, 6.07) is 15.7. The third kappa shape index (κ3) is 11.1. The van der Waals surface area contributed by atoms with Crippen molar-refractivity contribution >= 4 is 45.3 Å². The lowest BCUT2D eigenvalue weighted by molar-refractivity contribution is 0.00111. The monoisotopic (exact) mass is 890 g/mol. The first-order valence-electron chi connectivity index (χ1n) is 22.6. The van der Waals surface area contributed by atoms with Gasteiger partial charge in [0.2, 0.25) is 0 Å². The summed E-state index contributed by atoms with van der Waals surface area (Å²) in [6.45, 7) is 14.7. The number of anilines is 4. The van der Waals surface area contributed by atoms with Gasteiger partial charge in [0, 0.05) is 99.4 Å². The predicted octanol–water partition coefficient (Wildman–Crippen LogP) is 7.41. The van der Waals surface area contributed by atoms with Gasteiger partial charge in [-0.1, -0.05) is 27.7 Å². The van der Waals surface area contributed by atoms with E-state index in [4.69, 9.17) is 9.97 Å². The Morgan fingerprint density at radius 3 is 1.47 bits per heavy atom. The fourth-order valence-corrected chi connectivity index (χ4v) is 7.84. The maximum Gasteiger partial charge on any atom is 0.154 e. The van der Waals surface area contributed by atoms with E-state index in [2.05, 4.69) is 88.7 Å². The van der Waals surface area contributed by atoms with Crippen molar-refractivity contribution < 1.29 is 9.50 Å². The zero-order valence-corrected chi connectivity index (χ0v) is 37.7. The molecule has 18 heteroatoms. The highest BCUT2D eigenvalue weighted by atomic mass is 19.1. The topological polar surface area (TPSA) is 190 Å². The first-order chi connectivity index (χ1) is 32.1. The van der Waals surface area contributed by atoms with Gasteiger partial charge in [-0.25, -0.2) is 14.4 Å². The quantitative estimate of drug-likeness (QED) is 0.0869. The molecule has 2 aliphatic rings. The molecule has 10 rings (SSSR count). The minimum Gasteiger partial charge on any atom is -0.390 e. The minimum absolute atomic E-state index is 0.149. The first-order valence-corrected chi connectivity index (χ1v) is 22.6. The van der Waals surface area contributed by atoms with Crippen LogP contribution in [0, 0.1) is 0 Å². The number of aromatic nitrogens is 12. The Hall–Kier alpha value is -6.89. The van der Waals surface area contributed by atoms with Crippen molar-refractivity contribution in [2.45, 2.75) is 77.7 Å². The van der Waals surface area contributed by atoms with Crippen LogP contribution in [0.15, 0.2) is 98.1 Å². The first kappa shape index (κ1) is 44.3. The lowest BCUT2D eigenvalue weighted by Crippen LogP contribution is -2.50. The zero-order valence-electron chi connectivity index (χ0n) is 37.7. The summed E-state index contributed by atoms with van der Waals surface area (Å²) in [5, 5.41) is 41.3. The smallest absolute Gasteiger partial charge is 0.154 e. The van der Waals surface area contributed by atoms with E-state index in [9.17, 15) is 9.50 Å². The molecule has 0 bridgehead atoms. The molecule has 8 aromatic rings. The predicted molar refractivity (Wildman–Crippen MR) is 253 cm³/mol. The van der Waals surface area contributed by atoms with Crippen molar-refractivity contribution in [2.75, 3.05) is 49.9 Å². The molecule has 0 saturated carbocycles. The number of hydrogen-bond acceptors (Lipinski definition) is 15. The fraction of sp³-hybridized carbons (Fsp3) is 0.375. The molecule has 0 unspecified atom stereocenters. The maximum atomic E-state index is 12.9. The summed E-state index contributed by atoms with van der Waals surface area (Å²) >= 11 is 0. The molecule has 10 heterocycles. The van der Waals surface area contributed by atoms with Gasteiger partial charge in [0.1, 0.15) is 17.8 Å². The lowest BCUT2D eigenvalue weighted by atomic mass is 10.1. The van der Waals surface area contributed by atoms with E-state index in [1.54, 1.807) is 12.4 Å². The van der Waals surface area contributed by atoms with Crippen LogP contribution in [0.3, 0.4) is 0 Å². The van der Waals surface area contributed by atoms with Crippen LogP contribution >= 0.6 is 0 Å². The molecule has 8 aromatic heterocycles. The van der Waals surface area contributed by atoms with Gasteiger partial charge in [-0.15, -0.1) is 10.2 Å². The van der Waals surface area contributed by atoms with E-state index in [-0.39, 0.29) is 6.10 Å². The van der Waals surface area contributed by atoms with Crippen molar-refractivity contribution in [3.63, 3.8) is 0 Å². The zero-order chi connectivity index (χ0) is 45.6. The van der Waals surface area contributed by atoms with E-state index < -0.39 is 6.17 Å². The Kier molecular flexibility index (Phi) is 13.5. The Labute approximate surface area is 382 Å². The molecule has 2 aliphatic heterocycles. The second-order valence-electron chi connectivity index (χ2n) is 17.7. The molecule has 2 saturated heterocycles. The van der Waals surface area contributed by atoms with Gasteiger partial charge in [-0.3, -0.25) is 29.1 Å². The van der Waals surface area contributed by atoms with Crippen molar-refractivity contribution in [3.8, 4) is 22.3 Å². The molecule has 2 fully saturated rings. The number of aliphatic hydroxyl groups excluding tert-OH is 1. The molecule has 3 N–H and O–H groups in total. The number of hydrogen-bond donors (Lipinski definition) is 3. The maximum absolute atomic E-state index is 12.9. The van der Waals surface area contributed by atoms with Crippen LogP contribution in [0.25, 0.3) is 44.3 Å². The molecule has 17 nitrogen and oxygen atoms in total. The molecule has 66 heavy (non-hydrogen) atoms. The number of halogens is 1. The van der Waals surface area contributed by atoms with Gasteiger partial charge in [0.25, 0.3) is 0 Å². The van der Waals surface area contributed by atoms with Crippen LogP contribution in [-0.4, -0.2) is 126 Å². The van der Waals surface area contributed by atoms with E-state index in [0.29, 0.717) is 48.2 Å². The van der Waals surface area contributed by atoms with Crippen LogP contribution < -0.4 is 10.6 Å². The van der Waals surface area contributed by atoms with Gasteiger partial charge in [0.15, 0.2) is 11.6 Å². The summed E-state index contributed by atoms with van der Waals surface area (Å²) in [7, 11) is 0. The number of aryl methyl sites for hydroxylation is 2. The second kappa shape index (κ2) is 20.1. The highest BCUT2D eigenvalue weighted by Gasteiger charge is 2.25. The van der Waals surface area contributed by atoms with E-state index in [1.807, 2.05) is 95.1 Å². The number of nitrogens with zero attached hydrogens (tertiary/aromatic N) is 14. The average molecular weight is 891 g/mol. The molecule has 0 aromatic carbocycles. The average Bonchev–Trinajstić information content (AvgIpc) is 3.98. The molecule has 0 atom stereocenters. The number of nitrogens with one attached hydrogen (secondary N) is 2. The number of likely N-dealkylation sites (tertiary alicyclic amines) is 2. The normalized spacial score (nSPS) is 14.7. The van der Waals surface area contributed by atoms with Gasteiger partial charge >= 0.3 is 0 Å². The van der Waals surface area contributed by atoms with Crippen LogP contribution in [-0.2, 0) is 13.1 Å². The Bertz CT molecular complexity index is 2690. The number of aliphatic hydroxyl groups is 1. The van der Waals surface area contributed by atoms with E-state index in [1.165, 1.54) is 0 Å². The van der Waals surface area contributed by atoms with Crippen LogP contribution in [0.2, 0.25) is 0 Å². The lowest BCUT2D eigenvalue weighted by Gasteiger charge is -2.35. The van der Waals surface area contributed by atoms with Crippen LogP contribution in [0.1, 0.15) is 63.5 Å². The molecule has 340 valence electrons.